The van der Waals surface area contributed by atoms with Crippen LogP contribution in [0.5, 0.6) is 0 Å². The van der Waals surface area contributed by atoms with E-state index < -0.39 is 34.5 Å². The van der Waals surface area contributed by atoms with E-state index in [1.807, 2.05) is 0 Å². The SMILES string of the molecule is CCNC(CC(=O)O)C(=O)O.O=[P+](O)O[P+](=O)O. The monoisotopic (exact) mass is 305 g/mol. The van der Waals surface area contributed by atoms with Crippen LogP contribution in [0.4, 0.5) is 0 Å². The number of nitrogens with one attached hydrogen (secondary N) is 1. The molecule has 104 valence electrons. The van der Waals surface area contributed by atoms with E-state index in [0.29, 0.717) is 6.54 Å². The van der Waals surface area contributed by atoms with Gasteiger partial charge < -0.3 is 15.5 Å². The molecule has 0 amide bonds. The molecule has 5 N–H and O–H groups in total. The second-order valence-electron chi connectivity index (χ2n) is 2.60. The highest BCUT2D eigenvalue weighted by Gasteiger charge is 2.31. The second-order valence-corrected chi connectivity index (χ2v) is 4.21. The third-order valence-electron chi connectivity index (χ3n) is 1.27. The van der Waals surface area contributed by atoms with Crippen LogP contribution in [0.3, 0.4) is 0 Å². The number of aliphatic carboxylic acids is 2. The van der Waals surface area contributed by atoms with Gasteiger partial charge in [-0.05, 0) is 6.54 Å². The summed E-state index contributed by atoms with van der Waals surface area (Å²) in [6.45, 7) is 2.17. The maximum Gasteiger partial charge on any atom is 0.745 e. The quantitative estimate of drug-likeness (QED) is 0.397. The Morgan fingerprint density at radius 2 is 1.67 bits per heavy atom. The van der Waals surface area contributed by atoms with Crippen molar-refractivity contribution in [3.05, 3.63) is 0 Å². The van der Waals surface area contributed by atoms with Crippen molar-refractivity contribution in [2.45, 2.75) is 19.4 Å². The van der Waals surface area contributed by atoms with E-state index in [9.17, 15) is 18.7 Å². The summed E-state index contributed by atoms with van der Waals surface area (Å²) < 4.78 is 22.2. The van der Waals surface area contributed by atoms with Crippen molar-refractivity contribution in [1.29, 1.82) is 0 Å². The highest BCUT2D eigenvalue weighted by Crippen LogP contribution is 2.30. The predicted molar refractivity (Wildman–Crippen MR) is 58.1 cm³/mol. The fraction of sp³-hybridized carbons (Fsp3) is 0.667. The van der Waals surface area contributed by atoms with Crippen LogP contribution < -0.4 is 5.32 Å². The normalized spacial score (nSPS) is 12.8. The molecule has 0 aliphatic rings. The topological polar surface area (TPSA) is 170 Å². The van der Waals surface area contributed by atoms with Crippen molar-refractivity contribution in [1.82, 2.24) is 5.32 Å². The molecule has 0 aromatic carbocycles. The van der Waals surface area contributed by atoms with Crippen molar-refractivity contribution < 1.29 is 43.0 Å². The Morgan fingerprint density at radius 1 is 1.22 bits per heavy atom. The molecule has 12 heteroatoms. The zero-order valence-electron chi connectivity index (χ0n) is 9.22. The van der Waals surface area contributed by atoms with Crippen molar-refractivity contribution in [3.8, 4) is 0 Å². The Hall–Kier alpha value is -1.02. The number of carboxylic acid groups (broad SMARTS) is 2. The van der Waals surface area contributed by atoms with Gasteiger partial charge in [0.15, 0.2) is 4.31 Å². The minimum absolute atomic E-state index is 0.386. The minimum atomic E-state index is -2.92. The van der Waals surface area contributed by atoms with Crippen LogP contribution in [-0.2, 0) is 23.0 Å². The third-order valence-corrected chi connectivity index (χ3v) is 2.38. The Morgan fingerprint density at radius 3 is 1.83 bits per heavy atom. The average Bonchev–Trinajstić information content (AvgIpc) is 2.14. The molecular formula is C6H13NO9P2+2. The fourth-order valence-electron chi connectivity index (χ4n) is 0.728. The van der Waals surface area contributed by atoms with E-state index in [-0.39, 0.29) is 6.42 Å². The molecule has 18 heavy (non-hydrogen) atoms. The van der Waals surface area contributed by atoms with E-state index in [4.69, 9.17) is 20.0 Å². The largest absolute Gasteiger partial charge is 0.745 e. The first-order valence-corrected chi connectivity index (χ1v) is 6.65. The molecule has 0 spiro atoms. The molecule has 0 saturated heterocycles. The summed E-state index contributed by atoms with van der Waals surface area (Å²) in [6.07, 6.45) is -0.386. The van der Waals surface area contributed by atoms with Crippen LogP contribution in [0, 0.1) is 0 Å². The zero-order valence-corrected chi connectivity index (χ0v) is 11.0. The van der Waals surface area contributed by atoms with Crippen LogP contribution in [0.1, 0.15) is 13.3 Å². The summed E-state index contributed by atoms with van der Waals surface area (Å²) in [7, 11) is -5.85. The van der Waals surface area contributed by atoms with E-state index >= 15 is 0 Å². The first-order chi connectivity index (χ1) is 8.20. The lowest BCUT2D eigenvalue weighted by Gasteiger charge is -2.08. The van der Waals surface area contributed by atoms with Crippen LogP contribution in [0.2, 0.25) is 0 Å². The van der Waals surface area contributed by atoms with Crippen molar-refractivity contribution in [2.24, 2.45) is 0 Å². The summed E-state index contributed by atoms with van der Waals surface area (Å²) in [5.41, 5.74) is 0. The zero-order chi connectivity index (χ0) is 14.7. The molecule has 0 radical (unpaired) electrons. The molecule has 0 rings (SSSR count). The first kappa shape index (κ1) is 19.3. The molecule has 0 saturated carbocycles. The molecule has 0 aromatic heterocycles. The van der Waals surface area contributed by atoms with Gasteiger partial charge in [-0.2, -0.15) is 0 Å². The number of rotatable bonds is 7. The molecule has 0 bridgehead atoms. The summed E-state index contributed by atoms with van der Waals surface area (Å²) >= 11 is 0. The maximum absolute atomic E-state index is 10.3. The lowest BCUT2D eigenvalue weighted by Crippen LogP contribution is -2.38. The van der Waals surface area contributed by atoms with Gasteiger partial charge in [-0.1, -0.05) is 6.92 Å². The smallest absolute Gasteiger partial charge is 0.481 e. The fourth-order valence-corrected chi connectivity index (χ4v) is 1.21. The molecular weight excluding hydrogens is 292 g/mol. The van der Waals surface area contributed by atoms with Gasteiger partial charge >= 0.3 is 28.4 Å². The van der Waals surface area contributed by atoms with Gasteiger partial charge in [0.1, 0.15) is 6.04 Å². The summed E-state index contributed by atoms with van der Waals surface area (Å²) in [6, 6.07) is -0.975. The van der Waals surface area contributed by atoms with Crippen molar-refractivity contribution in [2.75, 3.05) is 6.54 Å². The molecule has 3 atom stereocenters. The number of hydrogen-bond acceptors (Lipinski definition) is 6. The average molecular weight is 305 g/mol. The number of carbonyl (C=O) groups is 2. The van der Waals surface area contributed by atoms with Crippen LogP contribution in [0.25, 0.3) is 0 Å². The van der Waals surface area contributed by atoms with Gasteiger partial charge in [-0.15, -0.1) is 9.79 Å². The summed E-state index contributed by atoms with van der Waals surface area (Å²) in [4.78, 5) is 35.7. The second kappa shape index (κ2) is 11.1. The Labute approximate surface area is 103 Å². The third kappa shape index (κ3) is 15.0. The number of carboxylic acids is 2. The molecule has 0 aliphatic heterocycles. The van der Waals surface area contributed by atoms with Gasteiger partial charge in [-0.25, -0.2) is 0 Å². The Bertz CT molecular complexity index is 308. The lowest BCUT2D eigenvalue weighted by molar-refractivity contribution is -0.145. The molecule has 3 unspecified atom stereocenters. The highest BCUT2D eigenvalue weighted by molar-refractivity contribution is 7.46. The summed E-state index contributed by atoms with van der Waals surface area (Å²) in [5, 5.41) is 19.2. The van der Waals surface area contributed by atoms with Crippen molar-refractivity contribution >= 4 is 28.4 Å². The molecule has 0 heterocycles. The van der Waals surface area contributed by atoms with Gasteiger partial charge in [0.25, 0.3) is 0 Å². The lowest BCUT2D eigenvalue weighted by atomic mass is 10.2. The summed E-state index contributed by atoms with van der Waals surface area (Å²) in [5.74, 6) is -2.24. The minimum Gasteiger partial charge on any atom is -0.481 e. The van der Waals surface area contributed by atoms with Gasteiger partial charge in [-0.3, -0.25) is 9.59 Å². The molecule has 0 aromatic rings. The van der Waals surface area contributed by atoms with Crippen LogP contribution in [-0.4, -0.2) is 44.5 Å². The number of hydrogen-bond donors (Lipinski definition) is 5. The van der Waals surface area contributed by atoms with Crippen LogP contribution in [0.15, 0.2) is 0 Å². The van der Waals surface area contributed by atoms with E-state index in [1.165, 1.54) is 0 Å². The molecule has 10 nitrogen and oxygen atoms in total. The number of likely N-dealkylation sites (N-methyl/N-ethyl adjacent to an activating group) is 1. The van der Waals surface area contributed by atoms with E-state index in [0.717, 1.165) is 0 Å². The maximum atomic E-state index is 10.3. The molecule has 0 aliphatic carbocycles. The van der Waals surface area contributed by atoms with Gasteiger partial charge in [0.05, 0.1) is 6.42 Å². The predicted octanol–water partition coefficient (Wildman–Crippen LogP) is -0.174. The van der Waals surface area contributed by atoms with Gasteiger partial charge in [0, 0.05) is 9.13 Å². The van der Waals surface area contributed by atoms with E-state index in [1.54, 1.807) is 6.92 Å². The Balaban J connectivity index is 0. The Kier molecular flexibility index (Phi) is 11.9. The first-order valence-electron chi connectivity index (χ1n) is 4.39. The highest BCUT2D eigenvalue weighted by atomic mass is 31.2. The van der Waals surface area contributed by atoms with Crippen molar-refractivity contribution in [3.63, 3.8) is 0 Å². The van der Waals surface area contributed by atoms with Gasteiger partial charge in [0.2, 0.25) is 0 Å². The van der Waals surface area contributed by atoms with E-state index in [2.05, 4.69) is 9.63 Å². The van der Waals surface area contributed by atoms with Crippen LogP contribution >= 0.6 is 16.5 Å². The molecule has 0 fully saturated rings. The standard InChI is InChI=1S/C6H11NO4.O5P2/c1-2-7-4(6(10)11)3-5(8)9;1-6(2)5-7(3)4/h4,7H,2-3H2,1H3,(H,8,9)(H,10,11);/p+2.